The Bertz CT molecular complexity index is 620. The monoisotopic (exact) mass is 270 g/mol. The van der Waals surface area contributed by atoms with E-state index in [-0.39, 0.29) is 5.75 Å². The highest BCUT2D eigenvalue weighted by atomic mass is 16.5. The second-order valence-corrected chi connectivity index (χ2v) is 5.04. The highest BCUT2D eigenvalue weighted by Crippen LogP contribution is 2.39. The summed E-state index contributed by atoms with van der Waals surface area (Å²) in [6.07, 6.45) is 2.99. The van der Waals surface area contributed by atoms with Crippen molar-refractivity contribution < 1.29 is 14.6 Å². The maximum Gasteiger partial charge on any atom is 0.134 e. The molecule has 3 nitrogen and oxygen atoms in total. The molecule has 0 unspecified atom stereocenters. The lowest BCUT2D eigenvalue weighted by molar-refractivity contribution is 0.307. The highest BCUT2D eigenvalue weighted by molar-refractivity contribution is 5.53. The fourth-order valence-corrected chi connectivity index (χ4v) is 2.31. The van der Waals surface area contributed by atoms with Crippen molar-refractivity contribution in [3.05, 3.63) is 47.5 Å². The van der Waals surface area contributed by atoms with Crippen LogP contribution < -0.4 is 9.47 Å². The minimum atomic E-state index is 0.225. The Balaban J connectivity index is 1.81. The van der Waals surface area contributed by atoms with Gasteiger partial charge in [0.1, 0.15) is 23.0 Å². The molecule has 0 fully saturated rings. The quantitative estimate of drug-likeness (QED) is 0.720. The molecule has 0 saturated carbocycles. The summed E-state index contributed by atoms with van der Waals surface area (Å²) in [5.41, 5.74) is 2.24. The number of hydrogen-bond acceptors (Lipinski definition) is 3. The van der Waals surface area contributed by atoms with Crippen molar-refractivity contribution in [1.29, 1.82) is 0 Å². The number of ether oxygens (including phenoxy) is 2. The molecule has 3 rings (SSSR count). The van der Waals surface area contributed by atoms with E-state index in [1.807, 2.05) is 24.3 Å². The molecule has 1 heterocycles. The van der Waals surface area contributed by atoms with Gasteiger partial charge in [-0.15, -0.1) is 0 Å². The van der Waals surface area contributed by atoms with E-state index in [0.29, 0.717) is 0 Å². The van der Waals surface area contributed by atoms with E-state index in [0.717, 1.165) is 54.2 Å². The minimum absolute atomic E-state index is 0.225. The molecule has 0 atom stereocenters. The standard InChI is InChI=1S/C17H18O3/c1-2-3-8-19-15-7-5-13-9-12-4-6-14(18)10-16(12)20-17(13)11-15/h4-7,10-11,18H,2-3,8-9H2,1H3. The molecule has 3 heteroatoms. The summed E-state index contributed by atoms with van der Waals surface area (Å²) < 4.78 is 11.6. The van der Waals surface area contributed by atoms with E-state index in [2.05, 4.69) is 6.92 Å². The van der Waals surface area contributed by atoms with Gasteiger partial charge in [0.2, 0.25) is 0 Å². The molecule has 0 aliphatic carbocycles. The number of rotatable bonds is 4. The number of benzene rings is 2. The third kappa shape index (κ3) is 2.57. The van der Waals surface area contributed by atoms with Gasteiger partial charge in [-0.05, 0) is 29.7 Å². The van der Waals surface area contributed by atoms with Crippen LogP contribution in [0.25, 0.3) is 0 Å². The van der Waals surface area contributed by atoms with Gasteiger partial charge < -0.3 is 14.6 Å². The van der Waals surface area contributed by atoms with Crippen molar-refractivity contribution in [2.75, 3.05) is 6.61 Å². The van der Waals surface area contributed by atoms with E-state index < -0.39 is 0 Å². The molecule has 0 spiro atoms. The Morgan fingerprint density at radius 3 is 2.65 bits per heavy atom. The first kappa shape index (κ1) is 12.9. The van der Waals surface area contributed by atoms with Gasteiger partial charge in [0, 0.05) is 18.6 Å². The topological polar surface area (TPSA) is 38.7 Å². The van der Waals surface area contributed by atoms with Crippen molar-refractivity contribution >= 4 is 0 Å². The van der Waals surface area contributed by atoms with E-state index >= 15 is 0 Å². The lowest BCUT2D eigenvalue weighted by Gasteiger charge is -2.21. The zero-order valence-electron chi connectivity index (χ0n) is 11.6. The van der Waals surface area contributed by atoms with E-state index in [1.165, 1.54) is 0 Å². The summed E-state index contributed by atoms with van der Waals surface area (Å²) >= 11 is 0. The van der Waals surface area contributed by atoms with Crippen LogP contribution in [0.3, 0.4) is 0 Å². The SMILES string of the molecule is CCCCOc1ccc2c(c1)Oc1cc(O)ccc1C2. The lowest BCUT2D eigenvalue weighted by atomic mass is 10.00. The Labute approximate surface area is 118 Å². The number of phenols is 1. The van der Waals surface area contributed by atoms with Gasteiger partial charge >= 0.3 is 0 Å². The Morgan fingerprint density at radius 2 is 1.85 bits per heavy atom. The van der Waals surface area contributed by atoms with Gasteiger partial charge in [0.15, 0.2) is 0 Å². The molecule has 0 saturated heterocycles. The molecule has 0 bridgehead atoms. The summed E-state index contributed by atoms with van der Waals surface area (Å²) in [5.74, 6) is 2.60. The van der Waals surface area contributed by atoms with Crippen molar-refractivity contribution in [2.45, 2.75) is 26.2 Å². The van der Waals surface area contributed by atoms with E-state index in [9.17, 15) is 5.11 Å². The molecular weight excluding hydrogens is 252 g/mol. The summed E-state index contributed by atoms with van der Waals surface area (Å²) in [7, 11) is 0. The van der Waals surface area contributed by atoms with Crippen LogP contribution in [0.5, 0.6) is 23.0 Å². The van der Waals surface area contributed by atoms with Gasteiger partial charge in [-0.25, -0.2) is 0 Å². The van der Waals surface area contributed by atoms with Gasteiger partial charge in [-0.1, -0.05) is 25.5 Å². The number of aromatic hydroxyl groups is 1. The molecule has 0 radical (unpaired) electrons. The van der Waals surface area contributed by atoms with Crippen LogP contribution in [-0.2, 0) is 6.42 Å². The van der Waals surface area contributed by atoms with Gasteiger partial charge in [-0.2, -0.15) is 0 Å². The first-order chi connectivity index (χ1) is 9.76. The zero-order valence-corrected chi connectivity index (χ0v) is 11.6. The first-order valence-electron chi connectivity index (χ1n) is 7.01. The molecule has 20 heavy (non-hydrogen) atoms. The summed E-state index contributed by atoms with van der Waals surface area (Å²) in [6, 6.07) is 11.2. The number of hydrogen-bond donors (Lipinski definition) is 1. The summed E-state index contributed by atoms with van der Waals surface area (Å²) in [4.78, 5) is 0. The average Bonchev–Trinajstić information content (AvgIpc) is 2.45. The molecular formula is C17H18O3. The maximum absolute atomic E-state index is 9.53. The van der Waals surface area contributed by atoms with Crippen LogP contribution in [0.15, 0.2) is 36.4 Å². The van der Waals surface area contributed by atoms with Crippen LogP contribution in [0.1, 0.15) is 30.9 Å². The largest absolute Gasteiger partial charge is 0.508 e. The van der Waals surface area contributed by atoms with Crippen LogP contribution in [0, 0.1) is 0 Å². The summed E-state index contributed by atoms with van der Waals surface area (Å²) in [6.45, 7) is 2.87. The van der Waals surface area contributed by atoms with Gasteiger partial charge in [-0.3, -0.25) is 0 Å². The molecule has 0 aromatic heterocycles. The fourth-order valence-electron chi connectivity index (χ4n) is 2.31. The fraction of sp³-hybridized carbons (Fsp3) is 0.294. The third-order valence-corrected chi connectivity index (χ3v) is 3.46. The molecule has 1 N–H and O–H groups in total. The first-order valence-corrected chi connectivity index (χ1v) is 7.01. The number of unbranched alkanes of at least 4 members (excludes halogenated alkanes) is 1. The van der Waals surface area contributed by atoms with Crippen LogP contribution in [-0.4, -0.2) is 11.7 Å². The second kappa shape index (κ2) is 5.45. The smallest absolute Gasteiger partial charge is 0.134 e. The van der Waals surface area contributed by atoms with Crippen molar-refractivity contribution in [2.24, 2.45) is 0 Å². The predicted molar refractivity (Wildman–Crippen MR) is 77.8 cm³/mol. The molecule has 2 aromatic rings. The average molecular weight is 270 g/mol. The van der Waals surface area contributed by atoms with Gasteiger partial charge in [0.25, 0.3) is 0 Å². The van der Waals surface area contributed by atoms with Crippen molar-refractivity contribution in [3.8, 4) is 23.0 Å². The van der Waals surface area contributed by atoms with Crippen molar-refractivity contribution in [1.82, 2.24) is 0 Å². The molecule has 0 amide bonds. The number of fused-ring (bicyclic) bond motifs is 2. The highest BCUT2D eigenvalue weighted by Gasteiger charge is 2.17. The lowest BCUT2D eigenvalue weighted by Crippen LogP contribution is -2.04. The maximum atomic E-state index is 9.53. The number of phenolic OH excluding ortho intramolecular Hbond substituents is 1. The third-order valence-electron chi connectivity index (χ3n) is 3.46. The Morgan fingerprint density at radius 1 is 1.10 bits per heavy atom. The van der Waals surface area contributed by atoms with Crippen LogP contribution in [0.2, 0.25) is 0 Å². The zero-order chi connectivity index (χ0) is 13.9. The van der Waals surface area contributed by atoms with Crippen LogP contribution >= 0.6 is 0 Å². The normalized spacial score (nSPS) is 12.2. The predicted octanol–water partition coefficient (Wildman–Crippen LogP) is 4.27. The van der Waals surface area contributed by atoms with Crippen LogP contribution in [0.4, 0.5) is 0 Å². The minimum Gasteiger partial charge on any atom is -0.508 e. The Hall–Kier alpha value is -2.16. The molecule has 1 aliphatic rings. The molecule has 104 valence electrons. The second-order valence-electron chi connectivity index (χ2n) is 5.04. The molecule has 1 aliphatic heterocycles. The van der Waals surface area contributed by atoms with E-state index in [1.54, 1.807) is 12.1 Å². The Kier molecular flexibility index (Phi) is 3.50. The van der Waals surface area contributed by atoms with E-state index in [4.69, 9.17) is 9.47 Å². The summed E-state index contributed by atoms with van der Waals surface area (Å²) in [5, 5.41) is 9.53. The van der Waals surface area contributed by atoms with Crippen molar-refractivity contribution in [3.63, 3.8) is 0 Å². The molecule has 2 aromatic carbocycles. The van der Waals surface area contributed by atoms with Gasteiger partial charge in [0.05, 0.1) is 6.61 Å².